The molecule has 0 aliphatic rings. The predicted octanol–water partition coefficient (Wildman–Crippen LogP) is 2.19. The lowest BCUT2D eigenvalue weighted by Crippen LogP contribution is -2.23. The normalized spacial score (nSPS) is 10.3. The van der Waals surface area contributed by atoms with E-state index in [1.165, 1.54) is 11.3 Å². The number of nitrogens with zero attached hydrogens (tertiary/aromatic N) is 2. The standard InChI is InChI=1S/C12H13N3O2S/c1-3-17-15-11(16)10-8(2)14-12(18-10)9-6-4-5-7-13-9/h4-7H,3H2,1-2H3,(H,15,16). The van der Waals surface area contributed by atoms with Gasteiger partial charge in [0.2, 0.25) is 0 Å². The number of carbonyl (C=O) groups is 1. The number of rotatable bonds is 4. The van der Waals surface area contributed by atoms with E-state index < -0.39 is 0 Å². The number of hydrogen-bond acceptors (Lipinski definition) is 5. The van der Waals surface area contributed by atoms with Gasteiger partial charge < -0.3 is 0 Å². The fourth-order valence-electron chi connectivity index (χ4n) is 1.39. The van der Waals surface area contributed by atoms with Crippen molar-refractivity contribution in [1.82, 2.24) is 15.4 Å². The van der Waals surface area contributed by atoms with E-state index in [9.17, 15) is 4.79 Å². The lowest BCUT2D eigenvalue weighted by Gasteiger charge is -2.00. The third kappa shape index (κ3) is 2.72. The van der Waals surface area contributed by atoms with E-state index in [1.54, 1.807) is 20.0 Å². The molecule has 0 saturated carbocycles. The Morgan fingerprint density at radius 2 is 2.33 bits per heavy atom. The van der Waals surface area contributed by atoms with Crippen molar-refractivity contribution >= 4 is 17.2 Å². The fourth-order valence-corrected chi connectivity index (χ4v) is 2.32. The van der Waals surface area contributed by atoms with E-state index >= 15 is 0 Å². The Bertz CT molecular complexity index is 540. The lowest BCUT2D eigenvalue weighted by atomic mass is 10.3. The molecule has 0 aromatic carbocycles. The van der Waals surface area contributed by atoms with Crippen molar-refractivity contribution in [2.45, 2.75) is 13.8 Å². The van der Waals surface area contributed by atoms with Crippen molar-refractivity contribution in [2.75, 3.05) is 6.61 Å². The summed E-state index contributed by atoms with van der Waals surface area (Å²) in [4.78, 5) is 25.8. The maximum absolute atomic E-state index is 11.8. The van der Waals surface area contributed by atoms with Gasteiger partial charge in [-0.25, -0.2) is 10.5 Å². The summed E-state index contributed by atoms with van der Waals surface area (Å²) >= 11 is 1.31. The molecule has 0 aliphatic carbocycles. The summed E-state index contributed by atoms with van der Waals surface area (Å²) in [6.45, 7) is 4.03. The van der Waals surface area contributed by atoms with Crippen molar-refractivity contribution in [3.63, 3.8) is 0 Å². The van der Waals surface area contributed by atoms with Gasteiger partial charge in [-0.1, -0.05) is 6.07 Å². The monoisotopic (exact) mass is 263 g/mol. The highest BCUT2D eigenvalue weighted by atomic mass is 32.1. The minimum Gasteiger partial charge on any atom is -0.274 e. The van der Waals surface area contributed by atoms with E-state index in [2.05, 4.69) is 15.4 Å². The second-order valence-electron chi connectivity index (χ2n) is 3.51. The van der Waals surface area contributed by atoms with Crippen LogP contribution in [-0.2, 0) is 4.84 Å². The first-order valence-electron chi connectivity index (χ1n) is 5.53. The van der Waals surface area contributed by atoms with Gasteiger partial charge in [-0.15, -0.1) is 11.3 Å². The van der Waals surface area contributed by atoms with Gasteiger partial charge in [0.1, 0.15) is 9.88 Å². The molecule has 18 heavy (non-hydrogen) atoms. The molecule has 1 amide bonds. The van der Waals surface area contributed by atoms with Crippen LogP contribution in [0.4, 0.5) is 0 Å². The first-order chi connectivity index (χ1) is 8.72. The summed E-state index contributed by atoms with van der Waals surface area (Å²) in [5.41, 5.74) is 3.81. The van der Waals surface area contributed by atoms with Crippen LogP contribution >= 0.6 is 11.3 Å². The van der Waals surface area contributed by atoms with Crippen molar-refractivity contribution in [2.24, 2.45) is 0 Å². The van der Waals surface area contributed by atoms with Gasteiger partial charge in [0.25, 0.3) is 5.91 Å². The zero-order valence-electron chi connectivity index (χ0n) is 10.1. The topological polar surface area (TPSA) is 64.1 Å². The van der Waals surface area contributed by atoms with Gasteiger partial charge in [-0.05, 0) is 26.0 Å². The molecule has 0 unspecified atom stereocenters. The Morgan fingerprint density at radius 3 is 3.00 bits per heavy atom. The highest BCUT2D eigenvalue weighted by Crippen LogP contribution is 2.26. The summed E-state index contributed by atoms with van der Waals surface area (Å²) in [6.07, 6.45) is 1.70. The number of hydrogen-bond donors (Lipinski definition) is 1. The molecule has 2 heterocycles. The van der Waals surface area contributed by atoms with Gasteiger partial charge in [-0.3, -0.25) is 14.6 Å². The molecule has 0 bridgehead atoms. The maximum atomic E-state index is 11.8. The fraction of sp³-hybridized carbons (Fsp3) is 0.250. The van der Waals surface area contributed by atoms with E-state index in [4.69, 9.17) is 4.84 Å². The third-order valence-electron chi connectivity index (χ3n) is 2.20. The first kappa shape index (κ1) is 12.7. The van der Waals surface area contributed by atoms with Crippen LogP contribution in [0.25, 0.3) is 10.7 Å². The molecular formula is C12H13N3O2S. The average Bonchev–Trinajstić information content (AvgIpc) is 2.79. The van der Waals surface area contributed by atoms with Crippen LogP contribution < -0.4 is 5.48 Å². The third-order valence-corrected chi connectivity index (χ3v) is 3.37. The van der Waals surface area contributed by atoms with E-state index in [0.29, 0.717) is 17.2 Å². The molecule has 94 valence electrons. The number of hydroxylamine groups is 1. The Hall–Kier alpha value is -1.79. The number of thiazole rings is 1. The van der Waals surface area contributed by atoms with Crippen LogP contribution in [0.3, 0.4) is 0 Å². The molecule has 0 atom stereocenters. The largest absolute Gasteiger partial charge is 0.286 e. The number of carbonyl (C=O) groups excluding carboxylic acids is 1. The SMILES string of the molecule is CCONC(=O)c1sc(-c2ccccn2)nc1C. The molecule has 5 nitrogen and oxygen atoms in total. The van der Waals surface area contributed by atoms with Gasteiger partial charge in [0.15, 0.2) is 0 Å². The van der Waals surface area contributed by atoms with Gasteiger partial charge in [-0.2, -0.15) is 0 Å². The van der Waals surface area contributed by atoms with Crippen molar-refractivity contribution < 1.29 is 9.63 Å². The molecule has 6 heteroatoms. The van der Waals surface area contributed by atoms with E-state index in [0.717, 1.165) is 10.7 Å². The second-order valence-corrected chi connectivity index (χ2v) is 4.51. The minimum absolute atomic E-state index is 0.269. The van der Waals surface area contributed by atoms with Crippen LogP contribution in [-0.4, -0.2) is 22.5 Å². The second kappa shape index (κ2) is 5.70. The van der Waals surface area contributed by atoms with Crippen LogP contribution in [0, 0.1) is 6.92 Å². The predicted molar refractivity (Wildman–Crippen MR) is 69.2 cm³/mol. The molecule has 2 rings (SSSR count). The lowest BCUT2D eigenvalue weighted by molar-refractivity contribution is 0.0367. The molecular weight excluding hydrogens is 250 g/mol. The van der Waals surface area contributed by atoms with E-state index in [-0.39, 0.29) is 5.91 Å². The zero-order chi connectivity index (χ0) is 13.0. The number of aromatic nitrogens is 2. The van der Waals surface area contributed by atoms with Crippen molar-refractivity contribution in [3.8, 4) is 10.7 Å². The van der Waals surface area contributed by atoms with Gasteiger partial charge in [0.05, 0.1) is 18.0 Å². The molecule has 0 fully saturated rings. The molecule has 0 spiro atoms. The number of pyridine rings is 1. The first-order valence-corrected chi connectivity index (χ1v) is 6.35. The van der Waals surface area contributed by atoms with Crippen LogP contribution in [0.1, 0.15) is 22.3 Å². The molecule has 2 aromatic heterocycles. The quantitative estimate of drug-likeness (QED) is 0.859. The Kier molecular flexibility index (Phi) is 4.01. The van der Waals surface area contributed by atoms with Crippen molar-refractivity contribution in [3.05, 3.63) is 35.0 Å². The van der Waals surface area contributed by atoms with Crippen molar-refractivity contribution in [1.29, 1.82) is 0 Å². The highest BCUT2D eigenvalue weighted by molar-refractivity contribution is 7.17. The number of amides is 1. The smallest absolute Gasteiger partial charge is 0.274 e. The molecule has 2 aromatic rings. The Labute approximate surface area is 109 Å². The van der Waals surface area contributed by atoms with E-state index in [1.807, 2.05) is 18.2 Å². The zero-order valence-corrected chi connectivity index (χ0v) is 11.0. The summed E-state index contributed by atoms with van der Waals surface area (Å²) in [5, 5.41) is 0.731. The molecule has 0 aliphatic heterocycles. The van der Waals surface area contributed by atoms with Crippen LogP contribution in [0.5, 0.6) is 0 Å². The number of nitrogens with one attached hydrogen (secondary N) is 1. The number of aryl methyl sites for hydroxylation is 1. The summed E-state index contributed by atoms with van der Waals surface area (Å²) in [6, 6.07) is 5.59. The average molecular weight is 263 g/mol. The molecule has 0 radical (unpaired) electrons. The Morgan fingerprint density at radius 1 is 1.50 bits per heavy atom. The van der Waals surface area contributed by atoms with Gasteiger partial charge >= 0.3 is 0 Å². The Balaban J connectivity index is 2.25. The van der Waals surface area contributed by atoms with Crippen LogP contribution in [0.2, 0.25) is 0 Å². The molecule has 1 N–H and O–H groups in total. The maximum Gasteiger partial charge on any atom is 0.286 e. The van der Waals surface area contributed by atoms with Gasteiger partial charge in [0, 0.05) is 6.20 Å². The summed E-state index contributed by atoms with van der Waals surface area (Å²) in [5.74, 6) is -0.269. The highest BCUT2D eigenvalue weighted by Gasteiger charge is 2.16. The summed E-state index contributed by atoms with van der Waals surface area (Å²) in [7, 11) is 0. The molecule has 0 saturated heterocycles. The van der Waals surface area contributed by atoms with Crippen LogP contribution in [0.15, 0.2) is 24.4 Å². The minimum atomic E-state index is -0.269. The summed E-state index contributed by atoms with van der Waals surface area (Å²) < 4.78 is 0.